The van der Waals surface area contributed by atoms with Crippen LogP contribution in [0.5, 0.6) is 0 Å². The van der Waals surface area contributed by atoms with Gasteiger partial charge in [0.1, 0.15) is 0 Å². The number of nitrogens with zero attached hydrogens (tertiary/aromatic N) is 2. The summed E-state index contributed by atoms with van der Waals surface area (Å²) in [6.45, 7) is 0. The van der Waals surface area contributed by atoms with Crippen molar-refractivity contribution in [3.05, 3.63) is 33.9 Å². The average molecular weight is 366 g/mol. The second-order valence-corrected chi connectivity index (χ2v) is 6.63. The Kier molecular flexibility index (Phi) is 3.75. The van der Waals surface area contributed by atoms with Gasteiger partial charge >= 0.3 is 0 Å². The van der Waals surface area contributed by atoms with Gasteiger partial charge in [0.2, 0.25) is 0 Å². The Hall–Kier alpha value is -1.25. The second kappa shape index (κ2) is 5.03. The third kappa shape index (κ3) is 2.85. The number of nitrogens with two attached hydrogens (primary N) is 1. The van der Waals surface area contributed by atoms with E-state index >= 15 is 0 Å². The Morgan fingerprint density at radius 2 is 2.16 bits per heavy atom. The molecule has 6 nitrogen and oxygen atoms in total. The van der Waals surface area contributed by atoms with Crippen LogP contribution in [0, 0.1) is 0 Å². The van der Waals surface area contributed by atoms with Crippen LogP contribution in [0.15, 0.2) is 33.9 Å². The molecule has 1 heterocycles. The molecule has 2 aromatic rings. The smallest absolute Gasteiger partial charge is 0.280 e. The van der Waals surface area contributed by atoms with Crippen molar-refractivity contribution in [2.45, 2.75) is 5.03 Å². The lowest BCUT2D eigenvalue weighted by Gasteiger charge is -2.10. The van der Waals surface area contributed by atoms with Crippen molar-refractivity contribution >= 4 is 48.9 Å². The Labute approximate surface area is 123 Å². The van der Waals surface area contributed by atoms with Crippen LogP contribution in [0.2, 0.25) is 5.02 Å². The van der Waals surface area contributed by atoms with E-state index in [1.165, 1.54) is 17.9 Å². The molecule has 0 unspecified atom stereocenters. The standard InChI is InChI=1S/C10H10BrClN4O2S/c1-16-10(8(12)5-14-16)19(17,18)15-9-3-2-6(13)4-7(9)11/h2-5,15H,13H2,1H3. The molecule has 0 amide bonds. The molecule has 0 saturated carbocycles. The van der Waals surface area contributed by atoms with Crippen molar-refractivity contribution in [1.82, 2.24) is 9.78 Å². The normalized spacial score (nSPS) is 11.5. The van der Waals surface area contributed by atoms with Gasteiger partial charge in [0.25, 0.3) is 10.0 Å². The molecule has 0 aliphatic heterocycles. The van der Waals surface area contributed by atoms with Crippen molar-refractivity contribution in [3.63, 3.8) is 0 Å². The van der Waals surface area contributed by atoms with Gasteiger partial charge in [0.15, 0.2) is 5.03 Å². The Bertz CT molecular complexity index is 710. The van der Waals surface area contributed by atoms with Crippen LogP contribution >= 0.6 is 27.5 Å². The van der Waals surface area contributed by atoms with Gasteiger partial charge in [-0.25, -0.2) is 0 Å². The van der Waals surface area contributed by atoms with Gasteiger partial charge in [0, 0.05) is 17.2 Å². The van der Waals surface area contributed by atoms with Gasteiger partial charge in [-0.3, -0.25) is 9.40 Å². The number of benzene rings is 1. The second-order valence-electron chi connectivity index (χ2n) is 3.77. The molecule has 2 rings (SSSR count). The first-order valence-electron chi connectivity index (χ1n) is 5.06. The zero-order chi connectivity index (χ0) is 14.2. The monoisotopic (exact) mass is 364 g/mol. The molecule has 9 heteroatoms. The molecule has 0 atom stereocenters. The number of halogens is 2. The van der Waals surface area contributed by atoms with Gasteiger partial charge in [0.05, 0.1) is 16.9 Å². The van der Waals surface area contributed by atoms with Crippen molar-refractivity contribution in [1.29, 1.82) is 0 Å². The van der Waals surface area contributed by atoms with Gasteiger partial charge in [-0.05, 0) is 34.1 Å². The minimum Gasteiger partial charge on any atom is -0.399 e. The molecule has 0 radical (unpaired) electrons. The molecule has 1 aromatic carbocycles. The lowest BCUT2D eigenvalue weighted by atomic mass is 10.3. The Morgan fingerprint density at radius 1 is 1.47 bits per heavy atom. The SMILES string of the molecule is Cn1ncc(Cl)c1S(=O)(=O)Nc1ccc(N)cc1Br. The number of hydrogen-bond acceptors (Lipinski definition) is 4. The summed E-state index contributed by atoms with van der Waals surface area (Å²) in [4.78, 5) is 0. The third-order valence-corrected chi connectivity index (χ3v) is 4.86. The maximum Gasteiger partial charge on any atom is 0.280 e. The summed E-state index contributed by atoms with van der Waals surface area (Å²) >= 11 is 9.06. The summed E-state index contributed by atoms with van der Waals surface area (Å²) in [6.07, 6.45) is 1.27. The highest BCUT2D eigenvalue weighted by Gasteiger charge is 2.23. The first-order chi connectivity index (χ1) is 8.81. The quantitative estimate of drug-likeness (QED) is 0.816. The molecule has 19 heavy (non-hydrogen) atoms. The number of hydrogen-bond donors (Lipinski definition) is 2. The first kappa shape index (κ1) is 14.2. The lowest BCUT2D eigenvalue weighted by molar-refractivity contribution is 0.582. The molecule has 0 aliphatic rings. The van der Waals surface area contributed by atoms with E-state index in [2.05, 4.69) is 25.8 Å². The molecule has 102 valence electrons. The third-order valence-electron chi connectivity index (χ3n) is 2.33. The zero-order valence-electron chi connectivity index (χ0n) is 9.76. The summed E-state index contributed by atoms with van der Waals surface area (Å²) in [5, 5.41) is 3.75. The first-order valence-corrected chi connectivity index (χ1v) is 7.72. The minimum atomic E-state index is -3.82. The van der Waals surface area contributed by atoms with E-state index in [9.17, 15) is 8.42 Å². The largest absolute Gasteiger partial charge is 0.399 e. The van der Waals surface area contributed by atoms with Gasteiger partial charge in [-0.1, -0.05) is 11.6 Å². The van der Waals surface area contributed by atoms with E-state index in [1.54, 1.807) is 18.2 Å². The van der Waals surface area contributed by atoms with E-state index in [1.807, 2.05) is 0 Å². The zero-order valence-corrected chi connectivity index (χ0v) is 12.9. The Balaban J connectivity index is 2.42. The minimum absolute atomic E-state index is 0.0570. The summed E-state index contributed by atoms with van der Waals surface area (Å²) < 4.78 is 28.6. The van der Waals surface area contributed by atoms with Gasteiger partial charge < -0.3 is 5.73 Å². The summed E-state index contributed by atoms with van der Waals surface area (Å²) in [5.41, 5.74) is 6.48. The number of nitrogen functional groups attached to an aromatic ring is 1. The lowest BCUT2D eigenvalue weighted by Crippen LogP contribution is -2.17. The van der Waals surface area contributed by atoms with E-state index < -0.39 is 10.0 Å². The Morgan fingerprint density at radius 3 is 2.68 bits per heavy atom. The van der Waals surface area contributed by atoms with Crippen molar-refractivity contribution in [2.75, 3.05) is 10.5 Å². The van der Waals surface area contributed by atoms with Crippen LogP contribution in [0.25, 0.3) is 0 Å². The predicted molar refractivity (Wildman–Crippen MR) is 77.6 cm³/mol. The topological polar surface area (TPSA) is 90.0 Å². The molecule has 0 saturated heterocycles. The highest BCUT2D eigenvalue weighted by molar-refractivity contribution is 9.10. The maximum atomic E-state index is 12.2. The summed E-state index contributed by atoms with van der Waals surface area (Å²) in [7, 11) is -2.32. The highest BCUT2D eigenvalue weighted by Crippen LogP contribution is 2.28. The highest BCUT2D eigenvalue weighted by atomic mass is 79.9. The molecule has 3 N–H and O–H groups in total. The summed E-state index contributed by atoms with van der Waals surface area (Å²) in [6, 6.07) is 4.75. The summed E-state index contributed by atoms with van der Waals surface area (Å²) in [5.74, 6) is 0. The maximum absolute atomic E-state index is 12.2. The number of aryl methyl sites for hydroxylation is 1. The van der Waals surface area contributed by atoms with Crippen LogP contribution in [-0.2, 0) is 17.1 Å². The molecule has 0 fully saturated rings. The molecule has 0 bridgehead atoms. The average Bonchev–Trinajstić information content (AvgIpc) is 2.63. The number of anilines is 2. The van der Waals surface area contributed by atoms with Gasteiger partial charge in [-0.2, -0.15) is 13.5 Å². The number of nitrogens with one attached hydrogen (secondary N) is 1. The fraction of sp³-hybridized carbons (Fsp3) is 0.100. The fourth-order valence-corrected chi connectivity index (χ4v) is 3.88. The van der Waals surface area contributed by atoms with E-state index in [4.69, 9.17) is 17.3 Å². The molecular weight excluding hydrogens is 356 g/mol. The molecule has 1 aromatic heterocycles. The predicted octanol–water partition coefficient (Wildman–Crippen LogP) is 2.22. The van der Waals surface area contributed by atoms with Crippen LogP contribution in [0.3, 0.4) is 0 Å². The number of rotatable bonds is 3. The molecular formula is C10H10BrClN4O2S. The van der Waals surface area contributed by atoms with Crippen molar-refractivity contribution in [2.24, 2.45) is 7.05 Å². The fourth-order valence-electron chi connectivity index (χ4n) is 1.51. The molecule has 0 spiro atoms. The van der Waals surface area contributed by atoms with E-state index in [0.29, 0.717) is 15.8 Å². The van der Waals surface area contributed by atoms with Crippen LogP contribution < -0.4 is 10.5 Å². The van der Waals surface area contributed by atoms with Crippen LogP contribution in [-0.4, -0.2) is 18.2 Å². The number of sulfonamides is 1. The van der Waals surface area contributed by atoms with Crippen LogP contribution in [0.4, 0.5) is 11.4 Å². The van der Waals surface area contributed by atoms with Gasteiger partial charge in [-0.15, -0.1) is 0 Å². The number of aromatic nitrogens is 2. The van der Waals surface area contributed by atoms with Crippen molar-refractivity contribution < 1.29 is 8.42 Å². The van der Waals surface area contributed by atoms with Crippen LogP contribution in [0.1, 0.15) is 0 Å². The van der Waals surface area contributed by atoms with E-state index in [0.717, 1.165) is 0 Å². The van der Waals surface area contributed by atoms with E-state index in [-0.39, 0.29) is 10.0 Å². The van der Waals surface area contributed by atoms with Crippen molar-refractivity contribution in [3.8, 4) is 0 Å². The molecule has 0 aliphatic carbocycles.